The molecular formula is C17H21N3O4. The number of carbonyl (C=O) groups is 3. The molecule has 128 valence electrons. The monoisotopic (exact) mass is 331 g/mol. The summed E-state index contributed by atoms with van der Waals surface area (Å²) in [5.41, 5.74) is -0.249. The van der Waals surface area contributed by atoms with Crippen LogP contribution in [-0.4, -0.2) is 44.9 Å². The lowest BCUT2D eigenvalue weighted by Gasteiger charge is -2.27. The van der Waals surface area contributed by atoms with Gasteiger partial charge in [0.1, 0.15) is 5.54 Å². The Morgan fingerprint density at radius 3 is 2.75 bits per heavy atom. The quantitative estimate of drug-likeness (QED) is 0.836. The topological polar surface area (TPSA) is 99.6 Å². The number of nitrogens with one attached hydrogen (secondary N) is 1. The minimum atomic E-state index is -1.16. The molecule has 2 aliphatic rings. The van der Waals surface area contributed by atoms with E-state index in [-0.39, 0.29) is 18.2 Å². The van der Waals surface area contributed by atoms with Crippen LogP contribution in [0.3, 0.4) is 0 Å². The van der Waals surface area contributed by atoms with Gasteiger partial charge in [-0.25, -0.2) is 4.79 Å². The lowest BCUT2D eigenvalue weighted by molar-refractivity contribution is -0.148. The molecule has 0 aromatic carbocycles. The number of aliphatic carboxylic acids is 1. The van der Waals surface area contributed by atoms with Gasteiger partial charge in [0.2, 0.25) is 11.8 Å². The van der Waals surface area contributed by atoms with Crippen molar-refractivity contribution in [2.75, 3.05) is 6.54 Å². The van der Waals surface area contributed by atoms with E-state index in [9.17, 15) is 19.5 Å². The highest BCUT2D eigenvalue weighted by atomic mass is 16.4. The summed E-state index contributed by atoms with van der Waals surface area (Å²) in [6.07, 6.45) is 5.98. The summed E-state index contributed by atoms with van der Waals surface area (Å²) in [4.78, 5) is 41.8. The first kappa shape index (κ1) is 16.4. The van der Waals surface area contributed by atoms with Crippen LogP contribution in [0.2, 0.25) is 0 Å². The van der Waals surface area contributed by atoms with Crippen molar-refractivity contribution >= 4 is 17.8 Å². The molecule has 0 bridgehead atoms. The highest BCUT2D eigenvalue weighted by molar-refractivity contribution is 5.92. The molecule has 1 saturated carbocycles. The largest absolute Gasteiger partial charge is 0.480 e. The first-order valence-corrected chi connectivity index (χ1v) is 8.22. The summed E-state index contributed by atoms with van der Waals surface area (Å²) in [5, 5.41) is 12.2. The summed E-state index contributed by atoms with van der Waals surface area (Å²) < 4.78 is 0. The third kappa shape index (κ3) is 3.25. The summed E-state index contributed by atoms with van der Waals surface area (Å²) in [6.45, 7) is 0.732. The minimum Gasteiger partial charge on any atom is -0.480 e. The van der Waals surface area contributed by atoms with Crippen LogP contribution in [0.4, 0.5) is 0 Å². The molecule has 1 aliphatic heterocycles. The molecule has 1 aliphatic carbocycles. The Bertz CT molecular complexity index is 640. The second-order valence-electron chi connectivity index (χ2n) is 6.62. The maximum Gasteiger partial charge on any atom is 0.329 e. The first-order valence-electron chi connectivity index (χ1n) is 8.22. The van der Waals surface area contributed by atoms with Crippen LogP contribution < -0.4 is 5.32 Å². The predicted molar refractivity (Wildman–Crippen MR) is 84.7 cm³/mol. The van der Waals surface area contributed by atoms with Gasteiger partial charge in [0.15, 0.2) is 0 Å². The zero-order chi connectivity index (χ0) is 17.2. The second-order valence-corrected chi connectivity index (χ2v) is 6.62. The number of carboxylic acids is 1. The van der Waals surface area contributed by atoms with E-state index in [1.807, 2.05) is 6.07 Å². The molecule has 1 atom stereocenters. The third-order valence-electron chi connectivity index (χ3n) is 4.91. The number of pyridine rings is 1. The number of nitrogens with zero attached hydrogens (tertiary/aromatic N) is 2. The number of amides is 2. The Labute approximate surface area is 140 Å². The molecule has 0 spiro atoms. The second kappa shape index (κ2) is 6.59. The fourth-order valence-electron chi connectivity index (χ4n) is 3.52. The average molecular weight is 331 g/mol. The highest BCUT2D eigenvalue weighted by Gasteiger charge is 2.45. The maximum atomic E-state index is 12.5. The molecule has 1 aromatic heterocycles. The molecule has 1 saturated heterocycles. The molecule has 7 nitrogen and oxygen atoms in total. The van der Waals surface area contributed by atoms with Crippen molar-refractivity contribution in [3.8, 4) is 0 Å². The molecule has 1 aromatic rings. The van der Waals surface area contributed by atoms with Gasteiger partial charge in [0.25, 0.3) is 0 Å². The average Bonchev–Trinajstić information content (AvgIpc) is 3.17. The molecule has 2 heterocycles. The fourth-order valence-corrected chi connectivity index (χ4v) is 3.52. The smallest absolute Gasteiger partial charge is 0.329 e. The molecular weight excluding hydrogens is 310 g/mol. The van der Waals surface area contributed by atoms with Crippen molar-refractivity contribution < 1.29 is 19.5 Å². The van der Waals surface area contributed by atoms with Crippen LogP contribution in [0.15, 0.2) is 24.5 Å². The number of carbonyl (C=O) groups excluding carboxylic acids is 2. The van der Waals surface area contributed by atoms with Crippen LogP contribution in [0.5, 0.6) is 0 Å². The molecule has 2 amide bonds. The molecule has 7 heteroatoms. The number of rotatable bonds is 5. The van der Waals surface area contributed by atoms with Crippen LogP contribution in [0.25, 0.3) is 0 Å². The summed E-state index contributed by atoms with van der Waals surface area (Å²) in [6, 6.07) is 3.68. The molecule has 2 N–H and O–H groups in total. The van der Waals surface area contributed by atoms with E-state index in [1.165, 1.54) is 0 Å². The summed E-state index contributed by atoms with van der Waals surface area (Å²) >= 11 is 0. The number of aromatic nitrogens is 1. The predicted octanol–water partition coefficient (Wildman–Crippen LogP) is 0.944. The SMILES string of the molecule is O=C(NC1(C(=O)O)CCCC1)[C@@H]1CC(=O)N(Cc2cccnc2)C1. The van der Waals surface area contributed by atoms with Gasteiger partial charge < -0.3 is 15.3 Å². The van der Waals surface area contributed by atoms with E-state index in [4.69, 9.17) is 0 Å². The van der Waals surface area contributed by atoms with Crippen LogP contribution in [0.1, 0.15) is 37.7 Å². The van der Waals surface area contributed by atoms with Gasteiger partial charge in [0, 0.05) is 31.9 Å². The van der Waals surface area contributed by atoms with Gasteiger partial charge in [0.05, 0.1) is 5.92 Å². The van der Waals surface area contributed by atoms with E-state index in [1.54, 1.807) is 23.4 Å². The minimum absolute atomic E-state index is 0.0881. The van der Waals surface area contributed by atoms with Crippen LogP contribution in [0, 0.1) is 5.92 Å². The van der Waals surface area contributed by atoms with E-state index >= 15 is 0 Å². The van der Waals surface area contributed by atoms with Gasteiger partial charge >= 0.3 is 5.97 Å². The molecule has 0 radical (unpaired) electrons. The lowest BCUT2D eigenvalue weighted by atomic mass is 9.96. The fraction of sp³-hybridized carbons (Fsp3) is 0.529. The standard InChI is InChI=1S/C17H21N3O4/c21-14-8-13(11-20(14)10-12-4-3-7-18-9-12)15(22)19-17(16(23)24)5-1-2-6-17/h3-4,7,9,13H,1-2,5-6,8,10-11H2,(H,19,22)(H,23,24)/t13-/m1/s1. The van der Waals surface area contributed by atoms with Gasteiger partial charge in [-0.1, -0.05) is 18.9 Å². The zero-order valence-corrected chi connectivity index (χ0v) is 13.4. The molecule has 3 rings (SSSR count). The Hall–Kier alpha value is -2.44. The van der Waals surface area contributed by atoms with Crippen molar-refractivity contribution in [3.05, 3.63) is 30.1 Å². The normalized spacial score (nSPS) is 22.6. The Morgan fingerprint density at radius 1 is 1.38 bits per heavy atom. The van der Waals surface area contributed by atoms with Crippen molar-refractivity contribution in [1.82, 2.24) is 15.2 Å². The zero-order valence-electron chi connectivity index (χ0n) is 13.4. The van der Waals surface area contributed by atoms with E-state index < -0.39 is 17.4 Å². The third-order valence-corrected chi connectivity index (χ3v) is 4.91. The van der Waals surface area contributed by atoms with Crippen molar-refractivity contribution in [2.24, 2.45) is 5.92 Å². The van der Waals surface area contributed by atoms with Gasteiger partial charge in [-0.15, -0.1) is 0 Å². The maximum absolute atomic E-state index is 12.5. The van der Waals surface area contributed by atoms with E-state index in [0.717, 1.165) is 18.4 Å². The number of hydrogen-bond acceptors (Lipinski definition) is 4. The Morgan fingerprint density at radius 2 is 2.12 bits per heavy atom. The Kier molecular flexibility index (Phi) is 4.51. The van der Waals surface area contributed by atoms with Crippen LogP contribution in [-0.2, 0) is 20.9 Å². The summed E-state index contributed by atoms with van der Waals surface area (Å²) in [5.74, 6) is -1.90. The number of hydrogen-bond donors (Lipinski definition) is 2. The van der Waals surface area contributed by atoms with Crippen molar-refractivity contribution in [2.45, 2.75) is 44.2 Å². The first-order chi connectivity index (χ1) is 11.5. The van der Waals surface area contributed by atoms with Gasteiger partial charge in [-0.3, -0.25) is 14.6 Å². The van der Waals surface area contributed by atoms with Crippen molar-refractivity contribution in [3.63, 3.8) is 0 Å². The van der Waals surface area contributed by atoms with E-state index in [0.29, 0.717) is 25.9 Å². The molecule has 24 heavy (non-hydrogen) atoms. The van der Waals surface area contributed by atoms with Crippen LogP contribution >= 0.6 is 0 Å². The highest BCUT2D eigenvalue weighted by Crippen LogP contribution is 2.31. The van der Waals surface area contributed by atoms with E-state index in [2.05, 4.69) is 10.3 Å². The number of likely N-dealkylation sites (tertiary alicyclic amines) is 1. The van der Waals surface area contributed by atoms with Gasteiger partial charge in [-0.05, 0) is 24.5 Å². The van der Waals surface area contributed by atoms with Crippen molar-refractivity contribution in [1.29, 1.82) is 0 Å². The molecule has 2 fully saturated rings. The number of carboxylic acid groups (broad SMARTS) is 1. The Balaban J connectivity index is 1.62. The van der Waals surface area contributed by atoms with Gasteiger partial charge in [-0.2, -0.15) is 0 Å². The lowest BCUT2D eigenvalue weighted by Crippen LogP contribution is -2.54. The summed E-state index contributed by atoms with van der Waals surface area (Å²) in [7, 11) is 0. The molecule has 0 unspecified atom stereocenters.